The van der Waals surface area contributed by atoms with E-state index in [1.807, 2.05) is 30.3 Å². The van der Waals surface area contributed by atoms with E-state index in [0.717, 1.165) is 5.56 Å². The lowest BCUT2D eigenvalue weighted by atomic mass is 10.1. The molecule has 0 aliphatic heterocycles. The van der Waals surface area contributed by atoms with Gasteiger partial charge in [-0.3, -0.25) is 0 Å². The van der Waals surface area contributed by atoms with Crippen molar-refractivity contribution in [3.63, 3.8) is 0 Å². The Bertz CT molecular complexity index is 509. The SMILES string of the molecule is N[C@H](Cn1cc(C(=O)O)nn1)c1ccccc1. The van der Waals surface area contributed by atoms with E-state index in [1.165, 1.54) is 10.9 Å². The molecular formula is C11H12N4O2. The van der Waals surface area contributed by atoms with Crippen molar-refractivity contribution in [2.45, 2.75) is 12.6 Å². The maximum Gasteiger partial charge on any atom is 0.358 e. The number of aromatic carboxylic acids is 1. The molecule has 0 saturated carbocycles. The van der Waals surface area contributed by atoms with Crippen LogP contribution in [0.1, 0.15) is 22.1 Å². The standard InChI is InChI=1S/C11H12N4O2/c12-9(8-4-2-1-3-5-8)6-15-7-10(11(16)17)13-14-15/h1-5,7,9H,6,12H2,(H,16,17)/t9-/m1/s1. The molecule has 6 nitrogen and oxygen atoms in total. The average Bonchev–Trinajstić information content (AvgIpc) is 2.79. The highest BCUT2D eigenvalue weighted by Gasteiger charge is 2.11. The zero-order valence-corrected chi connectivity index (χ0v) is 9.02. The van der Waals surface area contributed by atoms with Crippen LogP contribution in [0.2, 0.25) is 0 Å². The second-order valence-electron chi connectivity index (χ2n) is 3.65. The van der Waals surface area contributed by atoms with Crippen LogP contribution in [0, 0.1) is 0 Å². The maximum atomic E-state index is 10.6. The molecule has 3 N–H and O–H groups in total. The van der Waals surface area contributed by atoms with Crippen LogP contribution in [0.15, 0.2) is 36.5 Å². The van der Waals surface area contributed by atoms with Crippen LogP contribution in [-0.2, 0) is 6.54 Å². The summed E-state index contributed by atoms with van der Waals surface area (Å²) < 4.78 is 1.43. The van der Waals surface area contributed by atoms with Crippen molar-refractivity contribution in [3.05, 3.63) is 47.8 Å². The first-order valence-corrected chi connectivity index (χ1v) is 5.11. The Morgan fingerprint density at radius 3 is 2.71 bits per heavy atom. The minimum Gasteiger partial charge on any atom is -0.476 e. The van der Waals surface area contributed by atoms with E-state index in [9.17, 15) is 4.79 Å². The highest BCUT2D eigenvalue weighted by molar-refractivity contribution is 5.84. The van der Waals surface area contributed by atoms with Gasteiger partial charge in [0.1, 0.15) is 0 Å². The third-order valence-electron chi connectivity index (χ3n) is 2.37. The van der Waals surface area contributed by atoms with Crippen LogP contribution >= 0.6 is 0 Å². The predicted molar refractivity (Wildman–Crippen MR) is 60.4 cm³/mol. The van der Waals surface area contributed by atoms with Crippen LogP contribution in [0.25, 0.3) is 0 Å². The van der Waals surface area contributed by atoms with Gasteiger partial charge in [0, 0.05) is 6.04 Å². The monoisotopic (exact) mass is 232 g/mol. The van der Waals surface area contributed by atoms with E-state index >= 15 is 0 Å². The van der Waals surface area contributed by atoms with Crippen LogP contribution in [0.3, 0.4) is 0 Å². The van der Waals surface area contributed by atoms with E-state index in [0.29, 0.717) is 6.54 Å². The second-order valence-corrected chi connectivity index (χ2v) is 3.65. The molecule has 1 atom stereocenters. The number of nitrogens with zero attached hydrogens (tertiary/aromatic N) is 3. The van der Waals surface area contributed by atoms with Crippen LogP contribution in [0.5, 0.6) is 0 Å². The summed E-state index contributed by atoms with van der Waals surface area (Å²) in [5.74, 6) is -1.09. The van der Waals surface area contributed by atoms with Gasteiger partial charge in [-0.1, -0.05) is 35.5 Å². The van der Waals surface area contributed by atoms with Crippen LogP contribution in [0.4, 0.5) is 0 Å². The van der Waals surface area contributed by atoms with E-state index in [2.05, 4.69) is 10.3 Å². The molecule has 0 radical (unpaired) electrons. The summed E-state index contributed by atoms with van der Waals surface area (Å²) in [4.78, 5) is 10.6. The smallest absolute Gasteiger partial charge is 0.358 e. The van der Waals surface area contributed by atoms with Gasteiger partial charge in [0.15, 0.2) is 5.69 Å². The van der Waals surface area contributed by atoms with Crippen molar-refractivity contribution in [2.75, 3.05) is 0 Å². The normalized spacial score (nSPS) is 12.3. The summed E-state index contributed by atoms with van der Waals surface area (Å²) in [7, 11) is 0. The number of hydrogen-bond acceptors (Lipinski definition) is 4. The first-order chi connectivity index (χ1) is 8.16. The Morgan fingerprint density at radius 1 is 1.41 bits per heavy atom. The molecule has 0 fully saturated rings. The molecule has 1 aromatic heterocycles. The number of carboxylic acids is 1. The number of aromatic nitrogens is 3. The highest BCUT2D eigenvalue weighted by Crippen LogP contribution is 2.11. The minimum absolute atomic E-state index is 0.0785. The van der Waals surface area contributed by atoms with Crippen LogP contribution < -0.4 is 5.73 Å². The molecule has 1 aromatic carbocycles. The Morgan fingerprint density at radius 2 is 2.12 bits per heavy atom. The summed E-state index contributed by atoms with van der Waals surface area (Å²) in [6, 6.07) is 9.31. The minimum atomic E-state index is -1.09. The van der Waals surface area contributed by atoms with E-state index < -0.39 is 5.97 Å². The third kappa shape index (κ3) is 2.67. The molecular weight excluding hydrogens is 220 g/mol. The van der Waals surface area contributed by atoms with Gasteiger partial charge in [-0.2, -0.15) is 0 Å². The summed E-state index contributed by atoms with van der Waals surface area (Å²) in [5, 5.41) is 15.9. The second kappa shape index (κ2) is 4.75. The van der Waals surface area contributed by atoms with Gasteiger partial charge < -0.3 is 10.8 Å². The van der Waals surface area contributed by atoms with Crippen molar-refractivity contribution >= 4 is 5.97 Å². The van der Waals surface area contributed by atoms with E-state index in [-0.39, 0.29) is 11.7 Å². The zero-order valence-electron chi connectivity index (χ0n) is 9.02. The number of carboxylic acid groups (broad SMARTS) is 1. The topological polar surface area (TPSA) is 94.0 Å². The fourth-order valence-corrected chi connectivity index (χ4v) is 1.49. The molecule has 0 saturated heterocycles. The predicted octanol–water partition coefficient (Wildman–Crippen LogP) is 0.676. The molecule has 17 heavy (non-hydrogen) atoms. The lowest BCUT2D eigenvalue weighted by molar-refractivity contribution is 0.0690. The van der Waals surface area contributed by atoms with Gasteiger partial charge in [-0.05, 0) is 5.56 Å². The molecule has 88 valence electrons. The Hall–Kier alpha value is -2.21. The Balaban J connectivity index is 2.08. The first kappa shape index (κ1) is 11.3. The summed E-state index contributed by atoms with van der Waals surface area (Å²) >= 11 is 0. The molecule has 1 heterocycles. The molecule has 0 amide bonds. The first-order valence-electron chi connectivity index (χ1n) is 5.11. The van der Waals surface area contributed by atoms with Crippen molar-refractivity contribution < 1.29 is 9.90 Å². The van der Waals surface area contributed by atoms with Crippen molar-refractivity contribution in [3.8, 4) is 0 Å². The average molecular weight is 232 g/mol. The molecule has 0 unspecified atom stereocenters. The highest BCUT2D eigenvalue weighted by atomic mass is 16.4. The molecule has 0 aliphatic rings. The van der Waals surface area contributed by atoms with E-state index in [4.69, 9.17) is 10.8 Å². The largest absolute Gasteiger partial charge is 0.476 e. The molecule has 0 bridgehead atoms. The summed E-state index contributed by atoms with van der Waals surface area (Å²) in [5.41, 5.74) is 6.87. The fraction of sp³-hybridized carbons (Fsp3) is 0.182. The molecule has 6 heteroatoms. The molecule has 2 rings (SSSR count). The fourth-order valence-electron chi connectivity index (χ4n) is 1.49. The van der Waals surface area contributed by atoms with E-state index in [1.54, 1.807) is 0 Å². The molecule has 0 spiro atoms. The molecule has 0 aliphatic carbocycles. The molecule has 2 aromatic rings. The van der Waals surface area contributed by atoms with Crippen LogP contribution in [-0.4, -0.2) is 26.1 Å². The van der Waals surface area contributed by atoms with Gasteiger partial charge in [0.05, 0.1) is 12.7 Å². The van der Waals surface area contributed by atoms with Gasteiger partial charge in [0.25, 0.3) is 0 Å². The van der Waals surface area contributed by atoms with Crippen molar-refractivity contribution in [2.24, 2.45) is 5.73 Å². The zero-order chi connectivity index (χ0) is 12.3. The third-order valence-corrected chi connectivity index (χ3v) is 2.37. The summed E-state index contributed by atoms with van der Waals surface area (Å²) in [6.07, 6.45) is 1.37. The van der Waals surface area contributed by atoms with Gasteiger partial charge >= 0.3 is 5.97 Å². The number of hydrogen-bond donors (Lipinski definition) is 2. The van der Waals surface area contributed by atoms with Gasteiger partial charge in [0.2, 0.25) is 0 Å². The lowest BCUT2D eigenvalue weighted by Gasteiger charge is -2.10. The number of rotatable bonds is 4. The number of nitrogens with two attached hydrogens (primary N) is 1. The van der Waals surface area contributed by atoms with Crippen molar-refractivity contribution in [1.29, 1.82) is 0 Å². The van der Waals surface area contributed by atoms with Crippen molar-refractivity contribution in [1.82, 2.24) is 15.0 Å². The quantitative estimate of drug-likeness (QED) is 0.808. The maximum absolute atomic E-state index is 10.6. The Labute approximate surface area is 97.7 Å². The lowest BCUT2D eigenvalue weighted by Crippen LogP contribution is -2.17. The number of benzene rings is 1. The summed E-state index contributed by atoms with van der Waals surface area (Å²) in [6.45, 7) is 0.393. The Kier molecular flexibility index (Phi) is 3.15. The van der Waals surface area contributed by atoms with Gasteiger partial charge in [-0.25, -0.2) is 9.48 Å². The number of carbonyl (C=O) groups is 1. The van der Waals surface area contributed by atoms with Gasteiger partial charge in [-0.15, -0.1) is 5.10 Å².